The fraction of sp³-hybridized carbons (Fsp3) is 0.261. The minimum absolute atomic E-state index is 0. The Morgan fingerprint density at radius 3 is 2.61 bits per heavy atom. The number of carbonyl (C=O) groups excluding carboxylic acids is 1. The number of carbonyl (C=O) groups is 1. The Labute approximate surface area is 195 Å². The number of benzene rings is 2. The van der Waals surface area contributed by atoms with E-state index in [9.17, 15) is 13.6 Å². The molecule has 1 aliphatic heterocycles. The van der Waals surface area contributed by atoms with E-state index < -0.39 is 11.6 Å². The fourth-order valence-electron chi connectivity index (χ4n) is 4.12. The summed E-state index contributed by atoms with van der Waals surface area (Å²) in [6.45, 7) is 1.88. The zero-order chi connectivity index (χ0) is 22.1. The summed E-state index contributed by atoms with van der Waals surface area (Å²) in [7, 11) is 0. The van der Waals surface area contributed by atoms with E-state index in [1.807, 2.05) is 22.9 Å². The third-order valence-corrected chi connectivity index (χ3v) is 5.74. The molecule has 172 valence electrons. The van der Waals surface area contributed by atoms with Crippen LogP contribution in [0.1, 0.15) is 40.4 Å². The summed E-state index contributed by atoms with van der Waals surface area (Å²) in [5, 5.41) is 18.4. The van der Waals surface area contributed by atoms with Gasteiger partial charge in [0.1, 0.15) is 11.6 Å². The highest BCUT2D eigenvalue weighted by Crippen LogP contribution is 2.24. The first-order valence-corrected chi connectivity index (χ1v) is 10.5. The van der Waals surface area contributed by atoms with E-state index in [0.717, 1.165) is 48.5 Å². The molecule has 5 rings (SSSR count). The molecule has 1 saturated heterocycles. The van der Waals surface area contributed by atoms with E-state index in [2.05, 4.69) is 25.9 Å². The fourth-order valence-corrected chi connectivity index (χ4v) is 4.12. The van der Waals surface area contributed by atoms with Crippen LogP contribution in [0.25, 0.3) is 10.9 Å². The monoisotopic (exact) mass is 472 g/mol. The number of aromatic nitrogens is 4. The zero-order valence-corrected chi connectivity index (χ0v) is 18.5. The molecule has 0 saturated carbocycles. The van der Waals surface area contributed by atoms with Crippen LogP contribution in [-0.4, -0.2) is 39.0 Å². The second-order valence-corrected chi connectivity index (χ2v) is 8.05. The van der Waals surface area contributed by atoms with Gasteiger partial charge in [-0.15, -0.1) is 12.4 Å². The van der Waals surface area contributed by atoms with Gasteiger partial charge in [0.15, 0.2) is 5.82 Å². The van der Waals surface area contributed by atoms with Gasteiger partial charge in [0.05, 0.1) is 23.3 Å². The minimum Gasteiger partial charge on any atom is -0.317 e. The number of hydrogen-bond donors (Lipinski definition) is 3. The number of nitrogens with one attached hydrogen (secondary N) is 3. The molecule has 3 N–H and O–H groups in total. The van der Waals surface area contributed by atoms with E-state index in [1.54, 1.807) is 12.4 Å². The Balaban J connectivity index is 0.00000259. The molecule has 3 heterocycles. The van der Waals surface area contributed by atoms with Gasteiger partial charge in [-0.2, -0.15) is 10.2 Å². The number of rotatable bonds is 5. The molecule has 0 bridgehead atoms. The summed E-state index contributed by atoms with van der Waals surface area (Å²) in [6, 6.07) is 9.31. The van der Waals surface area contributed by atoms with Crippen molar-refractivity contribution in [2.75, 3.05) is 18.4 Å². The SMILES string of the molecule is Cl.O=C(Nc1n[nH]c2ccc(Cc3cc(F)cc(F)c3)cc12)c1cnn(C2CCNCC2)c1. The smallest absolute Gasteiger partial charge is 0.260 e. The quantitative estimate of drug-likeness (QED) is 0.405. The van der Waals surface area contributed by atoms with Gasteiger partial charge in [-0.3, -0.25) is 14.6 Å². The van der Waals surface area contributed by atoms with Crippen molar-refractivity contribution < 1.29 is 13.6 Å². The number of fused-ring (bicyclic) bond motifs is 1. The van der Waals surface area contributed by atoms with Crippen molar-refractivity contribution in [3.05, 3.63) is 77.1 Å². The topological polar surface area (TPSA) is 87.6 Å². The lowest BCUT2D eigenvalue weighted by atomic mass is 10.0. The van der Waals surface area contributed by atoms with Gasteiger partial charge in [-0.1, -0.05) is 6.07 Å². The maximum atomic E-state index is 13.5. The van der Waals surface area contributed by atoms with Crippen molar-refractivity contribution in [3.8, 4) is 0 Å². The first-order chi connectivity index (χ1) is 15.5. The Kier molecular flexibility index (Phi) is 6.71. The molecule has 1 amide bonds. The van der Waals surface area contributed by atoms with Crippen molar-refractivity contribution >= 4 is 35.0 Å². The Morgan fingerprint density at radius 2 is 1.85 bits per heavy atom. The second kappa shape index (κ2) is 9.68. The molecule has 2 aromatic heterocycles. The molecular weight excluding hydrogens is 450 g/mol. The predicted molar refractivity (Wildman–Crippen MR) is 124 cm³/mol. The first-order valence-electron chi connectivity index (χ1n) is 10.5. The van der Waals surface area contributed by atoms with Crippen LogP contribution in [0.15, 0.2) is 48.8 Å². The van der Waals surface area contributed by atoms with Crippen LogP contribution < -0.4 is 10.6 Å². The lowest BCUT2D eigenvalue weighted by Gasteiger charge is -2.22. The van der Waals surface area contributed by atoms with E-state index in [0.29, 0.717) is 29.4 Å². The standard InChI is InChI=1S/C23H22F2N6O.ClH/c24-17-8-15(9-18(25)11-17)7-14-1-2-21-20(10-14)22(30-29-21)28-23(32)16-12-27-31(13-16)19-3-5-26-6-4-19;/h1-2,8-13,19,26H,3-7H2,(H2,28,29,30,32);1H. The average Bonchev–Trinajstić information content (AvgIpc) is 3.42. The summed E-state index contributed by atoms with van der Waals surface area (Å²) in [5.74, 6) is -1.12. The molecule has 33 heavy (non-hydrogen) atoms. The van der Waals surface area contributed by atoms with E-state index in [4.69, 9.17) is 0 Å². The summed E-state index contributed by atoms with van der Waals surface area (Å²) in [5.41, 5.74) is 2.59. The van der Waals surface area contributed by atoms with Gasteiger partial charge in [0.2, 0.25) is 0 Å². The largest absolute Gasteiger partial charge is 0.317 e. The number of H-pyrrole nitrogens is 1. The van der Waals surface area contributed by atoms with Gasteiger partial charge >= 0.3 is 0 Å². The van der Waals surface area contributed by atoms with Gasteiger partial charge in [0.25, 0.3) is 5.91 Å². The van der Waals surface area contributed by atoms with Crippen LogP contribution >= 0.6 is 12.4 Å². The molecule has 0 spiro atoms. The highest BCUT2D eigenvalue weighted by Gasteiger charge is 2.18. The summed E-state index contributed by atoms with van der Waals surface area (Å²) >= 11 is 0. The molecule has 4 aromatic rings. The van der Waals surface area contributed by atoms with Gasteiger partial charge in [0, 0.05) is 17.6 Å². The molecule has 0 aliphatic carbocycles. The van der Waals surface area contributed by atoms with Gasteiger partial charge < -0.3 is 10.6 Å². The normalized spacial score (nSPS) is 14.2. The van der Waals surface area contributed by atoms with E-state index >= 15 is 0 Å². The number of halogens is 3. The molecule has 1 fully saturated rings. The molecule has 1 aliphatic rings. The zero-order valence-electron chi connectivity index (χ0n) is 17.6. The maximum Gasteiger partial charge on any atom is 0.260 e. The van der Waals surface area contributed by atoms with E-state index in [-0.39, 0.29) is 18.3 Å². The van der Waals surface area contributed by atoms with Crippen LogP contribution in [0.3, 0.4) is 0 Å². The molecule has 0 radical (unpaired) electrons. The Bertz CT molecular complexity index is 1260. The second-order valence-electron chi connectivity index (χ2n) is 8.05. The number of hydrogen-bond acceptors (Lipinski definition) is 4. The van der Waals surface area contributed by atoms with Crippen molar-refractivity contribution in [1.29, 1.82) is 0 Å². The lowest BCUT2D eigenvalue weighted by molar-refractivity contribution is 0.102. The Morgan fingerprint density at radius 1 is 1.09 bits per heavy atom. The summed E-state index contributed by atoms with van der Waals surface area (Å²) in [4.78, 5) is 12.8. The van der Waals surface area contributed by atoms with Crippen molar-refractivity contribution in [2.24, 2.45) is 0 Å². The van der Waals surface area contributed by atoms with Crippen LogP contribution in [0, 0.1) is 11.6 Å². The molecule has 2 aromatic carbocycles. The Hall–Kier alpha value is -3.30. The highest BCUT2D eigenvalue weighted by atomic mass is 35.5. The van der Waals surface area contributed by atoms with Gasteiger partial charge in [-0.25, -0.2) is 8.78 Å². The molecule has 10 heteroatoms. The van der Waals surface area contributed by atoms with Crippen molar-refractivity contribution in [2.45, 2.75) is 25.3 Å². The van der Waals surface area contributed by atoms with Crippen LogP contribution in [0.5, 0.6) is 0 Å². The van der Waals surface area contributed by atoms with E-state index in [1.165, 1.54) is 12.1 Å². The number of nitrogens with zero attached hydrogens (tertiary/aromatic N) is 3. The third-order valence-electron chi connectivity index (χ3n) is 5.74. The molecule has 0 atom stereocenters. The van der Waals surface area contributed by atoms with Crippen LogP contribution in [0.4, 0.5) is 14.6 Å². The van der Waals surface area contributed by atoms with Crippen molar-refractivity contribution in [1.82, 2.24) is 25.3 Å². The predicted octanol–water partition coefficient (Wildman–Crippen LogP) is 4.23. The minimum atomic E-state index is -0.609. The van der Waals surface area contributed by atoms with Crippen LogP contribution in [-0.2, 0) is 6.42 Å². The molecule has 7 nitrogen and oxygen atoms in total. The maximum absolute atomic E-state index is 13.5. The molecule has 0 unspecified atom stereocenters. The number of piperidine rings is 1. The summed E-state index contributed by atoms with van der Waals surface area (Å²) < 4.78 is 28.9. The highest BCUT2D eigenvalue weighted by molar-refractivity contribution is 6.07. The third kappa shape index (κ3) is 5.04. The number of aromatic amines is 1. The average molecular weight is 473 g/mol. The van der Waals surface area contributed by atoms with Gasteiger partial charge in [-0.05, 0) is 67.7 Å². The lowest BCUT2D eigenvalue weighted by Crippen LogP contribution is -2.29. The number of anilines is 1. The molecular formula is C23H23ClF2N6O. The number of amides is 1. The summed E-state index contributed by atoms with van der Waals surface area (Å²) in [6.07, 6.45) is 5.64. The first kappa shape index (κ1) is 22.9. The van der Waals surface area contributed by atoms with Crippen molar-refractivity contribution in [3.63, 3.8) is 0 Å². The van der Waals surface area contributed by atoms with Crippen LogP contribution in [0.2, 0.25) is 0 Å².